The molecule has 0 aliphatic rings. The van der Waals surface area contributed by atoms with Gasteiger partial charge in [-0.15, -0.1) is 0 Å². The van der Waals surface area contributed by atoms with Gasteiger partial charge >= 0.3 is 5.69 Å². The average molecular weight is 272 g/mol. The van der Waals surface area contributed by atoms with Crippen molar-refractivity contribution < 1.29 is 0 Å². The Morgan fingerprint density at radius 3 is 2.59 bits per heavy atom. The lowest BCUT2D eigenvalue weighted by atomic mass is 10.3. The quantitative estimate of drug-likeness (QED) is 0.805. The lowest BCUT2D eigenvalue weighted by Crippen LogP contribution is -2.24. The fourth-order valence-electron chi connectivity index (χ4n) is 1.54. The highest BCUT2D eigenvalue weighted by molar-refractivity contribution is 6.32. The van der Waals surface area contributed by atoms with Crippen molar-refractivity contribution >= 4 is 23.2 Å². The van der Waals surface area contributed by atoms with Gasteiger partial charge in [0.25, 0.3) is 0 Å². The molecule has 0 fully saturated rings. The van der Waals surface area contributed by atoms with Crippen LogP contribution in [-0.4, -0.2) is 14.1 Å². The van der Waals surface area contributed by atoms with Crippen LogP contribution in [0.15, 0.2) is 29.3 Å². The first-order valence-electron chi connectivity index (χ1n) is 5.18. The molecule has 2 heterocycles. The molecule has 0 aliphatic heterocycles. The van der Waals surface area contributed by atoms with E-state index in [2.05, 4.69) is 4.98 Å². The molecule has 0 amide bonds. The largest absolute Gasteiger partial charge is 0.328 e. The molecule has 2 aromatic heterocycles. The molecule has 0 N–H and O–H groups in total. The topological polar surface area (TPSA) is 39.8 Å². The van der Waals surface area contributed by atoms with Gasteiger partial charge in [-0.1, -0.05) is 23.2 Å². The minimum atomic E-state index is -0.0784. The summed E-state index contributed by atoms with van der Waals surface area (Å²) in [5, 5.41) is 0.873. The van der Waals surface area contributed by atoms with Gasteiger partial charge in [-0.3, -0.25) is 9.13 Å². The lowest BCUT2D eigenvalue weighted by molar-refractivity contribution is 0.662. The predicted octanol–water partition coefficient (Wildman–Crippen LogP) is 2.42. The summed E-state index contributed by atoms with van der Waals surface area (Å²) in [6.45, 7) is 2.88. The third-order valence-corrected chi connectivity index (χ3v) is 3.02. The Bertz CT molecular complexity index is 589. The summed E-state index contributed by atoms with van der Waals surface area (Å²) in [6.07, 6.45) is 3.45. The van der Waals surface area contributed by atoms with E-state index in [-0.39, 0.29) is 5.69 Å². The van der Waals surface area contributed by atoms with E-state index in [4.69, 9.17) is 23.2 Å². The van der Waals surface area contributed by atoms with E-state index in [0.717, 1.165) is 0 Å². The fourth-order valence-corrected chi connectivity index (χ4v) is 1.87. The number of nitrogens with zero attached hydrogens (tertiary/aromatic N) is 3. The number of rotatable bonds is 3. The maximum Gasteiger partial charge on any atom is 0.328 e. The molecule has 4 nitrogen and oxygen atoms in total. The van der Waals surface area contributed by atoms with Crippen LogP contribution in [-0.2, 0) is 13.1 Å². The number of aryl methyl sites for hydroxylation is 1. The standard InChI is InChI=1S/C11H11Cl2N3O/c1-2-15-5-6-16(11(15)17)7-9-8(12)3-4-10(13)14-9/h3-6H,2,7H2,1H3. The summed E-state index contributed by atoms with van der Waals surface area (Å²) in [4.78, 5) is 15.9. The second-order valence-corrected chi connectivity index (χ2v) is 4.35. The van der Waals surface area contributed by atoms with Gasteiger partial charge in [0, 0.05) is 18.9 Å². The zero-order valence-electron chi connectivity index (χ0n) is 9.23. The number of hydrogen-bond acceptors (Lipinski definition) is 2. The van der Waals surface area contributed by atoms with Crippen molar-refractivity contribution in [3.05, 3.63) is 50.9 Å². The van der Waals surface area contributed by atoms with Crippen molar-refractivity contribution in [2.45, 2.75) is 20.0 Å². The first-order chi connectivity index (χ1) is 8.11. The summed E-state index contributed by atoms with van der Waals surface area (Å²) in [7, 11) is 0. The van der Waals surface area contributed by atoms with Crippen molar-refractivity contribution in [2.75, 3.05) is 0 Å². The normalized spacial score (nSPS) is 10.8. The molecule has 0 aromatic carbocycles. The number of pyridine rings is 1. The van der Waals surface area contributed by atoms with E-state index in [1.165, 1.54) is 0 Å². The highest BCUT2D eigenvalue weighted by Crippen LogP contribution is 2.17. The molecule has 0 bridgehead atoms. The van der Waals surface area contributed by atoms with Gasteiger partial charge in [-0.05, 0) is 19.1 Å². The fraction of sp³-hybridized carbons (Fsp3) is 0.273. The molecule has 0 aliphatic carbocycles. The Morgan fingerprint density at radius 2 is 1.94 bits per heavy atom. The Balaban J connectivity index is 2.34. The summed E-state index contributed by atoms with van der Waals surface area (Å²) in [6, 6.07) is 3.29. The maximum atomic E-state index is 11.8. The molecule has 90 valence electrons. The molecule has 2 aromatic rings. The van der Waals surface area contributed by atoms with Gasteiger partial charge in [0.15, 0.2) is 0 Å². The van der Waals surface area contributed by atoms with Gasteiger partial charge in [0.2, 0.25) is 0 Å². The molecule has 0 spiro atoms. The van der Waals surface area contributed by atoms with Crippen LogP contribution < -0.4 is 5.69 Å². The van der Waals surface area contributed by atoms with Gasteiger partial charge in [0.1, 0.15) is 5.15 Å². The van der Waals surface area contributed by atoms with Crippen LogP contribution >= 0.6 is 23.2 Å². The summed E-state index contributed by atoms with van der Waals surface area (Å²) in [5.74, 6) is 0. The molecule has 2 rings (SSSR count). The van der Waals surface area contributed by atoms with Gasteiger partial charge in [-0.25, -0.2) is 9.78 Å². The summed E-state index contributed by atoms with van der Waals surface area (Å²) >= 11 is 11.8. The van der Waals surface area contributed by atoms with Crippen LogP contribution in [0.5, 0.6) is 0 Å². The minimum Gasteiger partial charge on any atom is -0.300 e. The van der Waals surface area contributed by atoms with Gasteiger partial charge < -0.3 is 0 Å². The maximum absolute atomic E-state index is 11.8. The highest BCUT2D eigenvalue weighted by Gasteiger charge is 2.07. The molecule has 0 unspecified atom stereocenters. The Hall–Kier alpha value is -1.26. The molecule has 0 radical (unpaired) electrons. The van der Waals surface area contributed by atoms with E-state index in [0.29, 0.717) is 29.0 Å². The first-order valence-corrected chi connectivity index (χ1v) is 5.94. The number of halogens is 2. The van der Waals surface area contributed by atoms with Crippen molar-refractivity contribution in [1.29, 1.82) is 0 Å². The molecule has 0 saturated carbocycles. The van der Waals surface area contributed by atoms with Crippen LogP contribution in [0.4, 0.5) is 0 Å². The Morgan fingerprint density at radius 1 is 1.24 bits per heavy atom. The summed E-state index contributed by atoms with van der Waals surface area (Å²) in [5.41, 5.74) is 0.514. The van der Waals surface area contributed by atoms with E-state index in [1.54, 1.807) is 33.7 Å². The molecule has 0 atom stereocenters. The third kappa shape index (κ3) is 2.53. The van der Waals surface area contributed by atoms with E-state index in [9.17, 15) is 4.79 Å². The molecule has 0 saturated heterocycles. The van der Waals surface area contributed by atoms with Crippen molar-refractivity contribution in [3.63, 3.8) is 0 Å². The molecular weight excluding hydrogens is 261 g/mol. The lowest BCUT2D eigenvalue weighted by Gasteiger charge is -2.04. The van der Waals surface area contributed by atoms with E-state index < -0.39 is 0 Å². The molecule has 6 heteroatoms. The smallest absolute Gasteiger partial charge is 0.300 e. The van der Waals surface area contributed by atoms with Crippen molar-refractivity contribution in [3.8, 4) is 0 Å². The number of hydrogen-bond donors (Lipinski definition) is 0. The van der Waals surface area contributed by atoms with Crippen LogP contribution in [0.3, 0.4) is 0 Å². The second-order valence-electron chi connectivity index (χ2n) is 3.56. The minimum absolute atomic E-state index is 0.0784. The predicted molar refractivity (Wildman–Crippen MR) is 67.7 cm³/mol. The van der Waals surface area contributed by atoms with Crippen LogP contribution in [0.2, 0.25) is 10.2 Å². The summed E-state index contributed by atoms with van der Waals surface area (Å²) < 4.78 is 3.16. The number of aromatic nitrogens is 3. The number of imidazole rings is 1. The third-order valence-electron chi connectivity index (χ3n) is 2.46. The van der Waals surface area contributed by atoms with E-state index >= 15 is 0 Å². The SMILES string of the molecule is CCn1ccn(Cc2nc(Cl)ccc2Cl)c1=O. The zero-order chi connectivity index (χ0) is 12.4. The monoisotopic (exact) mass is 271 g/mol. The van der Waals surface area contributed by atoms with Crippen molar-refractivity contribution in [1.82, 2.24) is 14.1 Å². The van der Waals surface area contributed by atoms with Crippen molar-refractivity contribution in [2.24, 2.45) is 0 Å². The van der Waals surface area contributed by atoms with Crippen LogP contribution in [0, 0.1) is 0 Å². The average Bonchev–Trinajstić information content (AvgIpc) is 2.65. The zero-order valence-corrected chi connectivity index (χ0v) is 10.7. The van der Waals surface area contributed by atoms with Gasteiger partial charge in [0.05, 0.1) is 17.3 Å². The molecular formula is C11H11Cl2N3O. The van der Waals surface area contributed by atoms with Gasteiger partial charge in [-0.2, -0.15) is 0 Å². The van der Waals surface area contributed by atoms with E-state index in [1.807, 2.05) is 6.92 Å². The molecule has 17 heavy (non-hydrogen) atoms. The Labute approximate surface area is 108 Å². The van der Waals surface area contributed by atoms with Crippen LogP contribution in [0.25, 0.3) is 0 Å². The highest BCUT2D eigenvalue weighted by atomic mass is 35.5. The van der Waals surface area contributed by atoms with Crippen LogP contribution in [0.1, 0.15) is 12.6 Å². The second kappa shape index (κ2) is 4.94. The Kier molecular flexibility index (Phi) is 3.54. The first kappa shape index (κ1) is 12.2.